The van der Waals surface area contributed by atoms with E-state index < -0.39 is 0 Å². The van der Waals surface area contributed by atoms with E-state index in [0.29, 0.717) is 33.8 Å². The number of hydrogen-bond acceptors (Lipinski definition) is 8. The van der Waals surface area contributed by atoms with Crippen molar-refractivity contribution in [2.75, 3.05) is 17.7 Å². The third-order valence-electron chi connectivity index (χ3n) is 4.07. The van der Waals surface area contributed by atoms with Crippen LogP contribution in [0.4, 0.5) is 5.13 Å². The number of nitriles is 1. The molecule has 0 fully saturated rings. The number of rotatable bonds is 8. The van der Waals surface area contributed by atoms with Gasteiger partial charge >= 0.3 is 5.97 Å². The van der Waals surface area contributed by atoms with Crippen LogP contribution in [0.2, 0.25) is 0 Å². The third-order valence-corrected chi connectivity index (χ3v) is 5.86. The summed E-state index contributed by atoms with van der Waals surface area (Å²) in [6.45, 7) is 7.85. The molecule has 28 heavy (non-hydrogen) atoms. The fraction of sp³-hybridized carbons (Fsp3) is 0.421. The molecule has 2 aromatic rings. The van der Waals surface area contributed by atoms with Crippen molar-refractivity contribution in [2.24, 2.45) is 0 Å². The van der Waals surface area contributed by atoms with Crippen LogP contribution in [0.15, 0.2) is 10.4 Å². The first-order chi connectivity index (χ1) is 13.3. The van der Waals surface area contributed by atoms with Gasteiger partial charge in [-0.1, -0.05) is 0 Å². The number of aryl methyl sites for hydroxylation is 1. The van der Waals surface area contributed by atoms with Gasteiger partial charge in [0, 0.05) is 23.2 Å². The van der Waals surface area contributed by atoms with Gasteiger partial charge in [0.1, 0.15) is 11.1 Å². The van der Waals surface area contributed by atoms with Crippen molar-refractivity contribution in [3.8, 4) is 6.07 Å². The van der Waals surface area contributed by atoms with Crippen LogP contribution < -0.4 is 5.32 Å². The summed E-state index contributed by atoms with van der Waals surface area (Å²) in [4.78, 5) is 32.3. The van der Waals surface area contributed by atoms with Crippen LogP contribution in [0.5, 0.6) is 0 Å². The Labute approximate surface area is 172 Å². The summed E-state index contributed by atoms with van der Waals surface area (Å²) in [6, 6.07) is 2.21. The number of esters is 1. The van der Waals surface area contributed by atoms with Crippen molar-refractivity contribution < 1.29 is 14.3 Å². The van der Waals surface area contributed by atoms with Crippen molar-refractivity contribution in [3.05, 3.63) is 33.5 Å². The molecule has 0 saturated heterocycles. The van der Waals surface area contributed by atoms with E-state index in [1.165, 1.54) is 23.1 Å². The van der Waals surface area contributed by atoms with Gasteiger partial charge in [0.05, 0.1) is 24.3 Å². The summed E-state index contributed by atoms with van der Waals surface area (Å²) in [6.07, 6.45) is 0.348. The van der Waals surface area contributed by atoms with Gasteiger partial charge in [-0.3, -0.25) is 9.59 Å². The molecule has 0 spiro atoms. The van der Waals surface area contributed by atoms with Crippen LogP contribution in [0, 0.1) is 32.1 Å². The lowest BCUT2D eigenvalue weighted by Gasteiger charge is -2.10. The van der Waals surface area contributed by atoms with Gasteiger partial charge < -0.3 is 10.1 Å². The molecule has 148 valence electrons. The number of pyridine rings is 1. The van der Waals surface area contributed by atoms with E-state index in [1.807, 2.05) is 20.8 Å². The number of hydrogen-bond donors (Lipinski definition) is 1. The second kappa shape index (κ2) is 10.2. The number of amides is 1. The summed E-state index contributed by atoms with van der Waals surface area (Å²) < 4.78 is 4.88. The Balaban J connectivity index is 1.88. The number of carbonyl (C=O) groups excluding carboxylic acids is 2. The lowest BCUT2D eigenvalue weighted by atomic mass is 10.1. The molecule has 0 atom stereocenters. The summed E-state index contributed by atoms with van der Waals surface area (Å²) in [5.74, 6) is -0.0218. The van der Waals surface area contributed by atoms with Crippen molar-refractivity contribution in [1.29, 1.82) is 5.26 Å². The standard InChI is InChI=1S/C19H22N4O3S2/c1-5-26-17(25)8-14-10-28-19(22-14)23-16(24)6-7-27-18-15(9-20)12(3)11(2)13(4)21-18/h10H,5-8H2,1-4H3,(H,22,23,24). The monoisotopic (exact) mass is 418 g/mol. The predicted molar refractivity (Wildman–Crippen MR) is 110 cm³/mol. The maximum Gasteiger partial charge on any atom is 0.311 e. The van der Waals surface area contributed by atoms with Crippen LogP contribution in [-0.4, -0.2) is 34.2 Å². The molecule has 0 unspecified atom stereocenters. The molecule has 9 heteroatoms. The van der Waals surface area contributed by atoms with E-state index >= 15 is 0 Å². The first-order valence-electron chi connectivity index (χ1n) is 8.76. The first-order valence-corrected chi connectivity index (χ1v) is 10.6. The quantitative estimate of drug-likeness (QED) is 0.516. The molecule has 0 aliphatic rings. The van der Waals surface area contributed by atoms with E-state index in [2.05, 4.69) is 21.4 Å². The Bertz CT molecular complexity index is 919. The fourth-order valence-electron chi connectivity index (χ4n) is 2.38. The Morgan fingerprint density at radius 3 is 2.71 bits per heavy atom. The van der Waals surface area contributed by atoms with Crippen molar-refractivity contribution >= 4 is 40.1 Å². The molecule has 0 bridgehead atoms. The Morgan fingerprint density at radius 1 is 1.29 bits per heavy atom. The zero-order valence-electron chi connectivity index (χ0n) is 16.3. The van der Waals surface area contributed by atoms with Crippen LogP contribution in [0.25, 0.3) is 0 Å². The molecular weight excluding hydrogens is 396 g/mol. The molecule has 2 heterocycles. The molecule has 0 aromatic carbocycles. The summed E-state index contributed by atoms with van der Waals surface area (Å²) in [7, 11) is 0. The average molecular weight is 419 g/mol. The Hall–Kier alpha value is -2.44. The second-order valence-corrected chi connectivity index (χ2v) is 7.95. The first kappa shape index (κ1) is 21.9. The molecular formula is C19H22N4O3S2. The maximum atomic E-state index is 12.1. The molecule has 7 nitrogen and oxygen atoms in total. The van der Waals surface area contributed by atoms with Gasteiger partial charge in [0.15, 0.2) is 5.13 Å². The van der Waals surface area contributed by atoms with E-state index in [1.54, 1.807) is 12.3 Å². The van der Waals surface area contributed by atoms with Crippen molar-refractivity contribution in [3.63, 3.8) is 0 Å². The van der Waals surface area contributed by atoms with Gasteiger partial charge in [0.25, 0.3) is 0 Å². The minimum absolute atomic E-state index is 0.0881. The number of nitrogens with one attached hydrogen (secondary N) is 1. The number of thiazole rings is 1. The predicted octanol–water partition coefficient (Wildman–Crippen LogP) is 3.56. The molecule has 0 radical (unpaired) electrons. The van der Waals surface area contributed by atoms with E-state index in [9.17, 15) is 14.9 Å². The lowest BCUT2D eigenvalue weighted by Crippen LogP contribution is -2.13. The Kier molecular flexibility index (Phi) is 7.96. The van der Waals surface area contributed by atoms with Gasteiger partial charge in [-0.25, -0.2) is 9.97 Å². The fourth-order valence-corrected chi connectivity index (χ4v) is 4.13. The SMILES string of the molecule is CCOC(=O)Cc1csc(NC(=O)CCSc2nc(C)c(C)c(C)c2C#N)n1. The summed E-state index contributed by atoms with van der Waals surface area (Å²) in [5.41, 5.74) is 3.97. The molecule has 2 rings (SSSR count). The highest BCUT2D eigenvalue weighted by Gasteiger charge is 2.14. The minimum Gasteiger partial charge on any atom is -0.466 e. The van der Waals surface area contributed by atoms with Gasteiger partial charge in [-0.05, 0) is 38.8 Å². The number of thioether (sulfide) groups is 1. The summed E-state index contributed by atoms with van der Waals surface area (Å²) >= 11 is 2.66. The van der Waals surface area contributed by atoms with Crippen molar-refractivity contribution in [1.82, 2.24) is 9.97 Å². The van der Waals surface area contributed by atoms with Crippen LogP contribution in [0.1, 0.15) is 41.4 Å². The van der Waals surface area contributed by atoms with Crippen LogP contribution >= 0.6 is 23.1 Å². The number of ether oxygens (including phenoxy) is 1. The van der Waals surface area contributed by atoms with Crippen LogP contribution in [0.3, 0.4) is 0 Å². The molecule has 2 aromatic heterocycles. The topological polar surface area (TPSA) is 105 Å². The number of carbonyl (C=O) groups is 2. The lowest BCUT2D eigenvalue weighted by molar-refractivity contribution is -0.142. The molecule has 0 saturated carbocycles. The highest BCUT2D eigenvalue weighted by atomic mass is 32.2. The van der Waals surface area contributed by atoms with E-state index in [0.717, 1.165) is 16.8 Å². The Morgan fingerprint density at radius 2 is 2.04 bits per heavy atom. The summed E-state index contributed by atoms with van der Waals surface area (Å²) in [5, 5.41) is 15.0. The largest absolute Gasteiger partial charge is 0.466 e. The zero-order chi connectivity index (χ0) is 20.7. The number of nitrogens with zero attached hydrogens (tertiary/aromatic N) is 3. The van der Waals surface area contributed by atoms with E-state index in [-0.39, 0.29) is 24.7 Å². The average Bonchev–Trinajstić information content (AvgIpc) is 3.06. The normalized spacial score (nSPS) is 10.4. The van der Waals surface area contributed by atoms with Crippen molar-refractivity contribution in [2.45, 2.75) is 45.6 Å². The third kappa shape index (κ3) is 5.78. The minimum atomic E-state index is -0.341. The molecule has 0 aliphatic carbocycles. The molecule has 1 N–H and O–H groups in total. The van der Waals surface area contributed by atoms with E-state index in [4.69, 9.17) is 4.74 Å². The van der Waals surface area contributed by atoms with Crippen LogP contribution in [-0.2, 0) is 20.7 Å². The molecule has 1 amide bonds. The zero-order valence-corrected chi connectivity index (χ0v) is 17.9. The number of aromatic nitrogens is 2. The smallest absolute Gasteiger partial charge is 0.311 e. The second-order valence-electron chi connectivity index (χ2n) is 6.01. The highest BCUT2D eigenvalue weighted by molar-refractivity contribution is 7.99. The number of anilines is 1. The maximum absolute atomic E-state index is 12.1. The van der Waals surface area contributed by atoms with Gasteiger partial charge in [-0.2, -0.15) is 5.26 Å². The van der Waals surface area contributed by atoms with Gasteiger partial charge in [-0.15, -0.1) is 23.1 Å². The molecule has 0 aliphatic heterocycles. The van der Waals surface area contributed by atoms with Gasteiger partial charge in [0.2, 0.25) is 5.91 Å². The highest BCUT2D eigenvalue weighted by Crippen LogP contribution is 2.27.